The first kappa shape index (κ1) is 12.7. The van der Waals surface area contributed by atoms with E-state index in [1.165, 1.54) is 0 Å². The number of ether oxygens (including phenoxy) is 1. The molecule has 2 aromatic rings. The van der Waals surface area contributed by atoms with Gasteiger partial charge in [0.1, 0.15) is 10.9 Å². The van der Waals surface area contributed by atoms with Gasteiger partial charge in [0.15, 0.2) is 0 Å². The number of halogens is 1. The minimum atomic E-state index is 0.126. The molecule has 0 fully saturated rings. The van der Waals surface area contributed by atoms with E-state index in [9.17, 15) is 0 Å². The van der Waals surface area contributed by atoms with Crippen LogP contribution < -0.4 is 4.74 Å². The molecule has 0 amide bonds. The third kappa shape index (κ3) is 2.72. The van der Waals surface area contributed by atoms with Crippen molar-refractivity contribution in [2.24, 2.45) is 0 Å². The van der Waals surface area contributed by atoms with E-state index in [2.05, 4.69) is 11.1 Å². The molecule has 0 N–H and O–H groups in total. The van der Waals surface area contributed by atoms with Gasteiger partial charge in [-0.2, -0.15) is 5.26 Å². The van der Waals surface area contributed by atoms with Crippen LogP contribution in [0.15, 0.2) is 24.3 Å². The fourth-order valence-electron chi connectivity index (χ4n) is 1.73. The molecule has 0 aliphatic rings. The number of rotatable bonds is 3. The Morgan fingerprint density at radius 2 is 2.17 bits per heavy atom. The Hall–Kier alpha value is -1.79. The summed E-state index contributed by atoms with van der Waals surface area (Å²) < 4.78 is 5.63. The maximum absolute atomic E-state index is 8.73. The standard InChI is InChI=1S/C14H13ClN2O/c1-9(2)18-12-3-4-13-11(8-12)7-10(5-6-16)14(15)17-13/h3-4,7-9H,5H2,1-2H3. The van der Waals surface area contributed by atoms with Crippen molar-refractivity contribution in [2.45, 2.75) is 26.4 Å². The lowest BCUT2D eigenvalue weighted by molar-refractivity contribution is 0.243. The van der Waals surface area contributed by atoms with Gasteiger partial charge in [-0.25, -0.2) is 4.98 Å². The van der Waals surface area contributed by atoms with Gasteiger partial charge in [0.05, 0.1) is 24.1 Å². The summed E-state index contributed by atoms with van der Waals surface area (Å²) in [6.07, 6.45) is 0.387. The van der Waals surface area contributed by atoms with E-state index in [0.717, 1.165) is 22.2 Å². The van der Waals surface area contributed by atoms with Crippen molar-refractivity contribution in [1.82, 2.24) is 4.98 Å². The lowest BCUT2D eigenvalue weighted by Gasteiger charge is -2.10. The summed E-state index contributed by atoms with van der Waals surface area (Å²) >= 11 is 6.01. The van der Waals surface area contributed by atoms with Gasteiger partial charge in [-0.15, -0.1) is 0 Å². The Morgan fingerprint density at radius 1 is 1.39 bits per heavy atom. The molecule has 1 aromatic carbocycles. The van der Waals surface area contributed by atoms with Gasteiger partial charge in [0.2, 0.25) is 0 Å². The van der Waals surface area contributed by atoms with Crippen LogP contribution in [0.5, 0.6) is 5.75 Å². The summed E-state index contributed by atoms with van der Waals surface area (Å²) in [7, 11) is 0. The predicted octanol–water partition coefficient (Wildman–Crippen LogP) is 3.74. The van der Waals surface area contributed by atoms with E-state index >= 15 is 0 Å². The molecule has 92 valence electrons. The number of nitriles is 1. The van der Waals surface area contributed by atoms with Crippen molar-refractivity contribution in [1.29, 1.82) is 5.26 Å². The second-order valence-electron chi connectivity index (χ2n) is 4.29. The molecule has 0 unspecified atom stereocenters. The zero-order valence-electron chi connectivity index (χ0n) is 10.3. The van der Waals surface area contributed by atoms with Crippen LogP contribution in [-0.2, 0) is 6.42 Å². The highest BCUT2D eigenvalue weighted by molar-refractivity contribution is 6.30. The molecule has 0 saturated heterocycles. The molecule has 0 radical (unpaired) electrons. The van der Waals surface area contributed by atoms with E-state index < -0.39 is 0 Å². The lowest BCUT2D eigenvalue weighted by atomic mass is 10.1. The monoisotopic (exact) mass is 260 g/mol. The van der Waals surface area contributed by atoms with Crippen molar-refractivity contribution in [3.63, 3.8) is 0 Å². The average molecular weight is 261 g/mol. The summed E-state index contributed by atoms with van der Waals surface area (Å²) in [6.45, 7) is 3.96. The Labute approximate surface area is 111 Å². The Morgan fingerprint density at radius 3 is 2.83 bits per heavy atom. The van der Waals surface area contributed by atoms with Crippen LogP contribution in [0.25, 0.3) is 10.9 Å². The second-order valence-corrected chi connectivity index (χ2v) is 4.65. The topological polar surface area (TPSA) is 45.9 Å². The quantitative estimate of drug-likeness (QED) is 0.790. The largest absolute Gasteiger partial charge is 0.491 e. The van der Waals surface area contributed by atoms with Gasteiger partial charge in [-0.05, 0) is 38.1 Å². The Balaban J connectivity index is 2.48. The fourth-order valence-corrected chi connectivity index (χ4v) is 1.94. The van der Waals surface area contributed by atoms with Crippen molar-refractivity contribution in [3.05, 3.63) is 35.0 Å². The van der Waals surface area contributed by atoms with Crippen LogP contribution >= 0.6 is 11.6 Å². The molecular formula is C14H13ClN2O. The van der Waals surface area contributed by atoms with E-state index in [4.69, 9.17) is 21.6 Å². The van der Waals surface area contributed by atoms with Crippen LogP contribution in [0.1, 0.15) is 19.4 Å². The van der Waals surface area contributed by atoms with Crippen LogP contribution in [0, 0.1) is 11.3 Å². The van der Waals surface area contributed by atoms with Crippen molar-refractivity contribution < 1.29 is 4.74 Å². The molecule has 0 bridgehead atoms. The molecular weight excluding hydrogens is 248 g/mol. The lowest BCUT2D eigenvalue weighted by Crippen LogP contribution is -2.05. The van der Waals surface area contributed by atoms with Crippen LogP contribution in [0.4, 0.5) is 0 Å². The maximum Gasteiger partial charge on any atom is 0.134 e. The van der Waals surface area contributed by atoms with Crippen molar-refractivity contribution >= 4 is 22.5 Å². The highest BCUT2D eigenvalue weighted by atomic mass is 35.5. The number of hydrogen-bond acceptors (Lipinski definition) is 3. The summed E-state index contributed by atoms with van der Waals surface area (Å²) in [4.78, 5) is 4.27. The first-order valence-corrected chi connectivity index (χ1v) is 6.10. The predicted molar refractivity (Wildman–Crippen MR) is 71.8 cm³/mol. The fraction of sp³-hybridized carbons (Fsp3) is 0.286. The van der Waals surface area contributed by atoms with Gasteiger partial charge in [-0.3, -0.25) is 0 Å². The molecule has 1 aromatic heterocycles. The zero-order chi connectivity index (χ0) is 13.1. The number of nitrogens with zero attached hydrogens (tertiary/aromatic N) is 2. The summed E-state index contributed by atoms with van der Waals surface area (Å²) in [6, 6.07) is 9.63. The molecule has 18 heavy (non-hydrogen) atoms. The molecule has 0 saturated carbocycles. The van der Waals surface area contributed by atoms with Gasteiger partial charge in [0, 0.05) is 10.9 Å². The minimum absolute atomic E-state index is 0.126. The normalized spacial score (nSPS) is 10.6. The van der Waals surface area contributed by atoms with Crippen LogP contribution in [-0.4, -0.2) is 11.1 Å². The molecule has 0 aliphatic heterocycles. The average Bonchev–Trinajstić information content (AvgIpc) is 2.30. The van der Waals surface area contributed by atoms with E-state index in [-0.39, 0.29) is 12.5 Å². The van der Waals surface area contributed by atoms with Crippen LogP contribution in [0.2, 0.25) is 5.15 Å². The Bertz CT molecular complexity index is 617. The maximum atomic E-state index is 8.73. The third-order valence-corrected chi connectivity index (χ3v) is 2.78. The molecule has 2 rings (SSSR count). The molecule has 0 spiro atoms. The third-order valence-electron chi connectivity index (χ3n) is 2.45. The smallest absolute Gasteiger partial charge is 0.134 e. The summed E-state index contributed by atoms with van der Waals surface area (Å²) in [5.41, 5.74) is 1.55. The van der Waals surface area contributed by atoms with Crippen LogP contribution in [0.3, 0.4) is 0 Å². The number of benzene rings is 1. The molecule has 3 nitrogen and oxygen atoms in total. The van der Waals surface area contributed by atoms with Gasteiger partial charge >= 0.3 is 0 Å². The van der Waals surface area contributed by atoms with Crippen molar-refractivity contribution in [2.75, 3.05) is 0 Å². The zero-order valence-corrected chi connectivity index (χ0v) is 11.0. The molecule has 4 heteroatoms. The number of fused-ring (bicyclic) bond motifs is 1. The van der Waals surface area contributed by atoms with Gasteiger partial charge < -0.3 is 4.74 Å². The van der Waals surface area contributed by atoms with E-state index in [0.29, 0.717) is 5.15 Å². The van der Waals surface area contributed by atoms with Gasteiger partial charge in [0.25, 0.3) is 0 Å². The molecule has 0 atom stereocenters. The molecule has 0 aliphatic carbocycles. The number of aromatic nitrogens is 1. The van der Waals surface area contributed by atoms with Gasteiger partial charge in [-0.1, -0.05) is 11.6 Å². The van der Waals surface area contributed by atoms with Crippen molar-refractivity contribution in [3.8, 4) is 11.8 Å². The second kappa shape index (κ2) is 5.24. The highest BCUT2D eigenvalue weighted by Crippen LogP contribution is 2.25. The number of pyridine rings is 1. The van der Waals surface area contributed by atoms with E-state index in [1.807, 2.05) is 38.1 Å². The first-order chi connectivity index (χ1) is 8.60. The summed E-state index contributed by atoms with van der Waals surface area (Å²) in [5, 5.41) is 10.1. The first-order valence-electron chi connectivity index (χ1n) is 5.73. The molecule has 1 heterocycles. The minimum Gasteiger partial charge on any atom is -0.491 e. The highest BCUT2D eigenvalue weighted by Gasteiger charge is 2.06. The summed E-state index contributed by atoms with van der Waals surface area (Å²) in [5.74, 6) is 0.796. The Kier molecular flexibility index (Phi) is 3.69. The number of hydrogen-bond donors (Lipinski definition) is 0. The van der Waals surface area contributed by atoms with E-state index in [1.54, 1.807) is 0 Å². The SMILES string of the molecule is CC(C)Oc1ccc2nc(Cl)c(CC#N)cc2c1.